The second-order valence-corrected chi connectivity index (χ2v) is 14.8. The van der Waals surface area contributed by atoms with E-state index in [-0.39, 0.29) is 42.3 Å². The van der Waals surface area contributed by atoms with Crippen LogP contribution in [0.5, 0.6) is 0 Å². The molecule has 11 nitrogen and oxygen atoms in total. The fraction of sp³-hybridized carbons (Fsp3) is 0.417. The quantitative estimate of drug-likeness (QED) is 0.206. The minimum absolute atomic E-state index is 0.126. The number of rotatable bonds is 8. The van der Waals surface area contributed by atoms with Crippen LogP contribution in [0.1, 0.15) is 61.1 Å². The topological polar surface area (TPSA) is 141 Å². The molecular weight excluding hydrogens is 754 g/mol. The van der Waals surface area contributed by atoms with Crippen LogP contribution in [0, 0.1) is 0 Å². The van der Waals surface area contributed by atoms with Gasteiger partial charge in [0.1, 0.15) is 12.1 Å². The number of hydrogen-bond acceptors (Lipinski definition) is 6. The van der Waals surface area contributed by atoms with Gasteiger partial charge in [0.15, 0.2) is 0 Å². The van der Waals surface area contributed by atoms with Gasteiger partial charge in [-0.2, -0.15) is 0 Å². The summed E-state index contributed by atoms with van der Waals surface area (Å²) in [6.45, 7) is 3.83. The number of urea groups is 2. The highest BCUT2D eigenvalue weighted by atomic mass is 79.9. The molecule has 3 aliphatic heterocycles. The summed E-state index contributed by atoms with van der Waals surface area (Å²) < 4.78 is 1.41. The molecule has 3 saturated heterocycles. The van der Waals surface area contributed by atoms with E-state index in [1.165, 1.54) is 10.5 Å². The van der Waals surface area contributed by atoms with Crippen molar-refractivity contribution in [3.63, 3.8) is 0 Å². The summed E-state index contributed by atoms with van der Waals surface area (Å²) >= 11 is 7.00. The lowest BCUT2D eigenvalue weighted by molar-refractivity contribution is -0.134. The Morgan fingerprint density at radius 2 is 1.55 bits per heavy atom. The lowest BCUT2D eigenvalue weighted by Crippen LogP contribution is -2.56. The Kier molecular flexibility index (Phi) is 10.9. The number of imide groups is 1. The van der Waals surface area contributed by atoms with Gasteiger partial charge in [-0.3, -0.25) is 19.5 Å². The van der Waals surface area contributed by atoms with Gasteiger partial charge >= 0.3 is 12.1 Å². The van der Waals surface area contributed by atoms with Gasteiger partial charge in [0.2, 0.25) is 5.91 Å². The molecule has 4 N–H and O–H groups in total. The number of nitrogens with two attached hydrogens (primary N) is 1. The van der Waals surface area contributed by atoms with Gasteiger partial charge in [-0.1, -0.05) is 37.3 Å². The summed E-state index contributed by atoms with van der Waals surface area (Å²) in [4.78, 5) is 63.2. The van der Waals surface area contributed by atoms with E-state index in [1.54, 1.807) is 17.3 Å². The summed E-state index contributed by atoms with van der Waals surface area (Å²) in [5.41, 5.74) is 9.73. The zero-order valence-electron chi connectivity index (χ0n) is 27.4. The van der Waals surface area contributed by atoms with Gasteiger partial charge in [0.25, 0.3) is 5.91 Å². The van der Waals surface area contributed by atoms with Crippen molar-refractivity contribution in [2.45, 2.75) is 69.0 Å². The number of amides is 6. The Morgan fingerprint density at radius 3 is 2.18 bits per heavy atom. The van der Waals surface area contributed by atoms with Crippen molar-refractivity contribution in [1.29, 1.82) is 0 Å². The molecule has 3 aromatic rings. The van der Waals surface area contributed by atoms with Crippen LogP contribution in [0.4, 0.5) is 15.3 Å². The minimum Gasteiger partial charge on any atom is -0.397 e. The van der Waals surface area contributed by atoms with Gasteiger partial charge in [0.05, 0.1) is 5.69 Å². The van der Waals surface area contributed by atoms with Crippen molar-refractivity contribution < 1.29 is 19.2 Å². The highest BCUT2D eigenvalue weighted by Gasteiger charge is 2.45. The number of pyridine rings is 1. The number of likely N-dealkylation sites (tertiary alicyclic amines) is 2. The lowest BCUT2D eigenvalue weighted by Gasteiger charge is -2.37. The molecule has 6 amide bonds. The van der Waals surface area contributed by atoms with Crippen LogP contribution >= 0.6 is 31.9 Å². The van der Waals surface area contributed by atoms with Gasteiger partial charge in [0, 0.05) is 65.9 Å². The molecule has 6 rings (SSSR count). The molecule has 2 unspecified atom stereocenters. The van der Waals surface area contributed by atoms with Crippen LogP contribution in [0.25, 0.3) is 0 Å². The zero-order valence-corrected chi connectivity index (χ0v) is 30.5. The predicted molar refractivity (Wildman–Crippen MR) is 194 cm³/mol. The van der Waals surface area contributed by atoms with Crippen LogP contribution < -0.4 is 16.4 Å². The maximum absolute atomic E-state index is 14.0. The highest BCUT2D eigenvalue weighted by Crippen LogP contribution is 2.32. The summed E-state index contributed by atoms with van der Waals surface area (Å²) in [5, 5.41) is 5.92. The summed E-state index contributed by atoms with van der Waals surface area (Å²) in [6.07, 6.45) is 6.45. The number of nitrogen functional groups attached to an aromatic ring is 1. The second-order valence-electron chi connectivity index (χ2n) is 13.1. The number of nitrogens with zero attached hydrogens (tertiary/aromatic N) is 4. The number of anilines is 1. The van der Waals surface area contributed by atoms with E-state index in [4.69, 9.17) is 5.73 Å². The Morgan fingerprint density at radius 1 is 0.939 bits per heavy atom. The molecule has 258 valence electrons. The smallest absolute Gasteiger partial charge is 0.325 e. The minimum atomic E-state index is -0.795. The largest absolute Gasteiger partial charge is 0.397 e. The Labute approximate surface area is 303 Å². The Balaban J connectivity index is 1.10. The molecule has 0 bridgehead atoms. The zero-order chi connectivity index (χ0) is 34.7. The average Bonchev–Trinajstić information content (AvgIpc) is 3.43. The van der Waals surface area contributed by atoms with Crippen molar-refractivity contribution in [2.24, 2.45) is 0 Å². The number of piperidine rings is 2. The molecule has 3 aliphatic rings. The first-order valence-corrected chi connectivity index (χ1v) is 18.3. The Bertz CT molecular complexity index is 1660. The first-order chi connectivity index (χ1) is 23.6. The molecule has 49 heavy (non-hydrogen) atoms. The predicted octanol–water partition coefficient (Wildman–Crippen LogP) is 5.40. The third-order valence-electron chi connectivity index (χ3n) is 10.1. The molecule has 3 atom stereocenters. The number of aromatic nitrogens is 1. The molecule has 13 heteroatoms. The molecule has 0 aliphatic carbocycles. The molecule has 2 aromatic carbocycles. The van der Waals surface area contributed by atoms with Crippen LogP contribution in [0.3, 0.4) is 0 Å². The maximum Gasteiger partial charge on any atom is 0.325 e. The van der Waals surface area contributed by atoms with Crippen LogP contribution in [0.2, 0.25) is 0 Å². The van der Waals surface area contributed by atoms with Crippen molar-refractivity contribution in [3.05, 3.63) is 92.6 Å². The number of hydrogen-bond donors (Lipinski definition) is 3. The normalized spacial score (nSPS) is 20.2. The molecule has 0 saturated carbocycles. The van der Waals surface area contributed by atoms with Gasteiger partial charge in [-0.25, -0.2) is 9.59 Å². The molecule has 0 radical (unpaired) electrons. The van der Waals surface area contributed by atoms with E-state index in [1.807, 2.05) is 66.4 Å². The van der Waals surface area contributed by atoms with Crippen molar-refractivity contribution in [3.8, 4) is 0 Å². The number of carbonyl (C=O) groups excluding carboxylic acids is 4. The van der Waals surface area contributed by atoms with Gasteiger partial charge < -0.3 is 26.2 Å². The summed E-state index contributed by atoms with van der Waals surface area (Å²) in [6, 6.07) is 15.0. The van der Waals surface area contributed by atoms with Gasteiger partial charge in [-0.15, -0.1) is 0 Å². The summed E-state index contributed by atoms with van der Waals surface area (Å²) in [7, 11) is 0. The van der Waals surface area contributed by atoms with Crippen LogP contribution in [-0.4, -0.2) is 87.9 Å². The van der Waals surface area contributed by atoms with E-state index in [9.17, 15) is 19.2 Å². The highest BCUT2D eigenvalue weighted by molar-refractivity contribution is 9.11. The third kappa shape index (κ3) is 7.77. The standard InChI is InChI=1S/C36H41Br2N7O4/c1-22(24-5-3-2-4-6-24)32-34(47)45(36(49)42-32)27-11-17-44(18-12-27)35(48)41-30(21-23-19-28(37)31(39)29(38)20-23)33(46)43-15-9-26(10-16-43)25-7-13-40-14-8-25/h2-8,13-14,19-20,22,26-27,30,32H,9-12,15-18,21,39H2,1H3,(H,41,48)(H,42,49)/t22?,30-,32?/m1/s1. The maximum atomic E-state index is 14.0. The fourth-order valence-corrected chi connectivity index (χ4v) is 8.48. The van der Waals surface area contributed by atoms with E-state index >= 15 is 0 Å². The van der Waals surface area contributed by atoms with Gasteiger partial charge in [-0.05, 0) is 104 Å². The van der Waals surface area contributed by atoms with Crippen molar-refractivity contribution >= 4 is 61.4 Å². The number of carbonyl (C=O) groups is 4. The fourth-order valence-electron chi connectivity index (χ4n) is 7.20. The first-order valence-electron chi connectivity index (χ1n) is 16.8. The number of benzene rings is 2. The number of halogens is 2. The molecule has 3 fully saturated rings. The SMILES string of the molecule is CC(c1ccccc1)C1NC(=O)N(C2CCN(C(=O)N[C@H](Cc3cc(Br)c(N)c(Br)c3)C(=O)N3CCC(c4ccncc4)CC3)CC2)C1=O. The molecular formula is C36H41Br2N7O4. The van der Waals surface area contributed by atoms with E-state index in [2.05, 4.69) is 47.5 Å². The van der Waals surface area contributed by atoms with Crippen molar-refractivity contribution in [2.75, 3.05) is 31.9 Å². The third-order valence-corrected chi connectivity index (χ3v) is 11.4. The second kappa shape index (κ2) is 15.3. The van der Waals surface area contributed by atoms with E-state index < -0.39 is 12.1 Å². The summed E-state index contributed by atoms with van der Waals surface area (Å²) in [5.74, 6) is -0.180. The number of nitrogens with one attached hydrogen (secondary N) is 2. The van der Waals surface area contributed by atoms with Crippen molar-refractivity contribution in [1.82, 2.24) is 30.3 Å². The van der Waals surface area contributed by atoms with Crippen LogP contribution in [-0.2, 0) is 16.0 Å². The molecule has 0 spiro atoms. The average molecular weight is 796 g/mol. The monoisotopic (exact) mass is 793 g/mol. The first kappa shape index (κ1) is 34.9. The molecule has 4 heterocycles. The van der Waals surface area contributed by atoms with E-state index in [0.717, 1.165) is 24.0 Å². The van der Waals surface area contributed by atoms with E-state index in [0.29, 0.717) is 59.6 Å². The molecule has 1 aromatic heterocycles. The lowest BCUT2D eigenvalue weighted by atomic mass is 9.89. The Hall–Kier alpha value is -3.97. The van der Waals surface area contributed by atoms with Crippen LogP contribution in [0.15, 0.2) is 75.9 Å².